The van der Waals surface area contributed by atoms with Crippen molar-refractivity contribution in [1.82, 2.24) is 10.6 Å². The molecule has 0 aliphatic heterocycles. The van der Waals surface area contributed by atoms with Gasteiger partial charge in [0.1, 0.15) is 18.5 Å². The molecule has 0 aromatic heterocycles. The van der Waals surface area contributed by atoms with Crippen LogP contribution >= 0.6 is 0 Å². The Kier molecular flexibility index (Phi) is 5.56. The van der Waals surface area contributed by atoms with Crippen LogP contribution in [0.15, 0.2) is 0 Å². The third kappa shape index (κ3) is 5.60. The van der Waals surface area contributed by atoms with Gasteiger partial charge >= 0.3 is 12.1 Å². The quantitative estimate of drug-likeness (QED) is 0.659. The third-order valence-electron chi connectivity index (χ3n) is 3.30. The van der Waals surface area contributed by atoms with Crippen LogP contribution in [-0.2, 0) is 14.4 Å². The highest BCUT2D eigenvalue weighted by atomic mass is 19.4. The first-order valence-electron chi connectivity index (χ1n) is 6.52. The van der Waals surface area contributed by atoms with Crippen LogP contribution in [0.3, 0.4) is 0 Å². The van der Waals surface area contributed by atoms with Gasteiger partial charge in [0.25, 0.3) is 0 Å². The number of carbonyl (C=O) groups is 3. The SMILES string of the molecule is O=C(CC(=O)NC1(C(=O)O)CCCCC1)NCC(F)(F)F. The molecule has 0 radical (unpaired) electrons. The summed E-state index contributed by atoms with van der Waals surface area (Å²) >= 11 is 0. The van der Waals surface area contributed by atoms with Gasteiger partial charge in [-0.15, -0.1) is 0 Å². The summed E-state index contributed by atoms with van der Waals surface area (Å²) in [5.74, 6) is -3.17. The number of halogens is 3. The van der Waals surface area contributed by atoms with E-state index in [1.54, 1.807) is 5.32 Å². The topological polar surface area (TPSA) is 95.5 Å². The molecule has 9 heteroatoms. The Morgan fingerprint density at radius 1 is 1.05 bits per heavy atom. The van der Waals surface area contributed by atoms with Crippen LogP contribution in [-0.4, -0.2) is 41.2 Å². The van der Waals surface area contributed by atoms with Crippen LogP contribution < -0.4 is 10.6 Å². The summed E-state index contributed by atoms with van der Waals surface area (Å²) in [6.07, 6.45) is -2.77. The minimum Gasteiger partial charge on any atom is -0.480 e. The lowest BCUT2D eigenvalue weighted by Gasteiger charge is -2.33. The molecule has 0 heterocycles. The average Bonchev–Trinajstić information content (AvgIpc) is 2.36. The molecule has 1 saturated carbocycles. The summed E-state index contributed by atoms with van der Waals surface area (Å²) in [5.41, 5.74) is -1.42. The molecular formula is C12H17F3N2O4. The Morgan fingerprint density at radius 2 is 1.62 bits per heavy atom. The van der Waals surface area contributed by atoms with Gasteiger partial charge in [-0.25, -0.2) is 4.79 Å². The molecule has 1 fully saturated rings. The number of hydrogen-bond donors (Lipinski definition) is 3. The maximum absolute atomic E-state index is 11.9. The number of carboxylic acids is 1. The van der Waals surface area contributed by atoms with Crippen molar-refractivity contribution in [2.24, 2.45) is 0 Å². The first-order chi connectivity index (χ1) is 9.65. The Morgan fingerprint density at radius 3 is 2.10 bits per heavy atom. The number of carboxylic acid groups (broad SMARTS) is 1. The molecular weight excluding hydrogens is 293 g/mol. The van der Waals surface area contributed by atoms with E-state index in [-0.39, 0.29) is 12.8 Å². The number of alkyl halides is 3. The van der Waals surface area contributed by atoms with Crippen LogP contribution in [0.5, 0.6) is 0 Å². The summed E-state index contributed by atoms with van der Waals surface area (Å²) < 4.78 is 35.7. The molecule has 0 atom stereocenters. The van der Waals surface area contributed by atoms with Gasteiger partial charge in [0.05, 0.1) is 0 Å². The fourth-order valence-electron chi connectivity index (χ4n) is 2.27. The number of rotatable bonds is 5. The van der Waals surface area contributed by atoms with Crippen molar-refractivity contribution < 1.29 is 32.7 Å². The monoisotopic (exact) mass is 310 g/mol. The highest BCUT2D eigenvalue weighted by molar-refractivity contribution is 5.99. The molecule has 0 aromatic rings. The average molecular weight is 310 g/mol. The van der Waals surface area contributed by atoms with Crippen molar-refractivity contribution in [2.45, 2.75) is 50.2 Å². The van der Waals surface area contributed by atoms with Crippen molar-refractivity contribution in [2.75, 3.05) is 6.54 Å². The molecule has 3 N–H and O–H groups in total. The predicted molar refractivity (Wildman–Crippen MR) is 65.3 cm³/mol. The van der Waals surface area contributed by atoms with E-state index in [9.17, 15) is 32.7 Å². The van der Waals surface area contributed by atoms with Crippen molar-refractivity contribution in [3.05, 3.63) is 0 Å². The van der Waals surface area contributed by atoms with Crippen LogP contribution in [0.1, 0.15) is 38.5 Å². The summed E-state index contributed by atoms with van der Waals surface area (Å²) in [7, 11) is 0. The van der Waals surface area contributed by atoms with Crippen molar-refractivity contribution in [3.63, 3.8) is 0 Å². The molecule has 2 amide bonds. The van der Waals surface area contributed by atoms with Crippen LogP contribution in [0.4, 0.5) is 13.2 Å². The molecule has 6 nitrogen and oxygen atoms in total. The first-order valence-corrected chi connectivity index (χ1v) is 6.52. The Labute approximate surface area is 119 Å². The smallest absolute Gasteiger partial charge is 0.405 e. The number of carbonyl (C=O) groups excluding carboxylic acids is 2. The van der Waals surface area contributed by atoms with Gasteiger partial charge in [0, 0.05) is 0 Å². The van der Waals surface area contributed by atoms with E-state index in [4.69, 9.17) is 0 Å². The third-order valence-corrected chi connectivity index (χ3v) is 3.30. The lowest BCUT2D eigenvalue weighted by atomic mass is 9.81. The Balaban J connectivity index is 2.51. The van der Waals surface area contributed by atoms with Gasteiger partial charge in [-0.05, 0) is 12.8 Å². The van der Waals surface area contributed by atoms with E-state index in [0.717, 1.165) is 6.42 Å². The second-order valence-electron chi connectivity index (χ2n) is 5.06. The summed E-state index contributed by atoms with van der Waals surface area (Å²) in [5, 5.41) is 13.1. The summed E-state index contributed by atoms with van der Waals surface area (Å²) in [6, 6.07) is 0. The van der Waals surface area contributed by atoms with Crippen LogP contribution in [0.25, 0.3) is 0 Å². The lowest BCUT2D eigenvalue weighted by molar-refractivity contribution is -0.150. The largest absolute Gasteiger partial charge is 0.480 e. The van der Waals surface area contributed by atoms with Gasteiger partial charge in [-0.2, -0.15) is 13.2 Å². The Bertz CT molecular complexity index is 417. The molecule has 0 aromatic carbocycles. The number of nitrogens with one attached hydrogen (secondary N) is 2. The van der Waals surface area contributed by atoms with Gasteiger partial charge in [-0.3, -0.25) is 9.59 Å². The molecule has 0 bridgehead atoms. The number of aliphatic carboxylic acids is 1. The van der Waals surface area contributed by atoms with E-state index < -0.39 is 42.5 Å². The first kappa shape index (κ1) is 17.3. The fourth-order valence-corrected chi connectivity index (χ4v) is 2.27. The number of amides is 2. The van der Waals surface area contributed by atoms with E-state index in [2.05, 4.69) is 5.32 Å². The van der Waals surface area contributed by atoms with Crippen molar-refractivity contribution in [1.29, 1.82) is 0 Å². The second-order valence-corrected chi connectivity index (χ2v) is 5.06. The van der Waals surface area contributed by atoms with Crippen molar-refractivity contribution in [3.8, 4) is 0 Å². The molecule has 0 spiro atoms. The standard InChI is InChI=1S/C12H17F3N2O4/c13-12(14,15)7-16-8(18)6-9(19)17-11(10(20)21)4-2-1-3-5-11/h1-7H2,(H,16,18)(H,17,19)(H,20,21). The van der Waals surface area contributed by atoms with Gasteiger partial charge in [0.15, 0.2) is 0 Å². The molecule has 1 rings (SSSR count). The van der Waals surface area contributed by atoms with E-state index in [0.29, 0.717) is 12.8 Å². The van der Waals surface area contributed by atoms with Gasteiger partial charge in [0.2, 0.25) is 11.8 Å². The number of hydrogen-bond acceptors (Lipinski definition) is 3. The highest BCUT2D eigenvalue weighted by Gasteiger charge is 2.41. The van der Waals surface area contributed by atoms with E-state index in [1.165, 1.54) is 0 Å². The molecule has 0 unspecified atom stereocenters. The second kappa shape index (κ2) is 6.77. The van der Waals surface area contributed by atoms with Gasteiger partial charge in [-0.1, -0.05) is 19.3 Å². The molecule has 1 aliphatic carbocycles. The minimum atomic E-state index is -4.56. The van der Waals surface area contributed by atoms with Crippen molar-refractivity contribution >= 4 is 17.8 Å². The molecule has 21 heavy (non-hydrogen) atoms. The lowest BCUT2D eigenvalue weighted by Crippen LogP contribution is -2.56. The van der Waals surface area contributed by atoms with Crippen LogP contribution in [0, 0.1) is 0 Å². The summed E-state index contributed by atoms with van der Waals surface area (Å²) in [4.78, 5) is 34.1. The maximum atomic E-state index is 11.9. The molecule has 1 aliphatic rings. The minimum absolute atomic E-state index is 0.248. The zero-order chi connectivity index (χ0) is 16.1. The van der Waals surface area contributed by atoms with Crippen LogP contribution in [0.2, 0.25) is 0 Å². The van der Waals surface area contributed by atoms with E-state index >= 15 is 0 Å². The fraction of sp³-hybridized carbons (Fsp3) is 0.750. The summed E-state index contributed by atoms with van der Waals surface area (Å²) in [6.45, 7) is -1.52. The predicted octanol–water partition coefficient (Wildman–Crippen LogP) is 0.959. The van der Waals surface area contributed by atoms with E-state index in [1.807, 2.05) is 0 Å². The Hall–Kier alpha value is -1.80. The normalized spacial score (nSPS) is 17.9. The highest BCUT2D eigenvalue weighted by Crippen LogP contribution is 2.28. The molecule has 120 valence electrons. The zero-order valence-corrected chi connectivity index (χ0v) is 11.3. The maximum Gasteiger partial charge on any atom is 0.405 e. The zero-order valence-electron chi connectivity index (χ0n) is 11.3. The molecule has 0 saturated heterocycles. The van der Waals surface area contributed by atoms with Gasteiger partial charge < -0.3 is 15.7 Å².